The Morgan fingerprint density at radius 2 is 1.93 bits per heavy atom. The summed E-state index contributed by atoms with van der Waals surface area (Å²) in [6.07, 6.45) is 9.17. The van der Waals surface area contributed by atoms with Crippen LogP contribution >= 0.6 is 24.0 Å². The lowest BCUT2D eigenvalue weighted by atomic mass is 9.92. The van der Waals surface area contributed by atoms with Crippen molar-refractivity contribution < 1.29 is 4.92 Å². The number of aliphatic imine (C=N–C) groups is 1. The largest absolute Gasteiger partial charge is 0.354 e. The van der Waals surface area contributed by atoms with E-state index in [1.165, 1.54) is 38.2 Å². The van der Waals surface area contributed by atoms with Crippen molar-refractivity contribution in [1.82, 2.24) is 15.5 Å². The average Bonchev–Trinajstić information content (AvgIpc) is 2.72. The van der Waals surface area contributed by atoms with E-state index in [0.717, 1.165) is 43.5 Å². The third kappa shape index (κ3) is 6.58. The van der Waals surface area contributed by atoms with Crippen molar-refractivity contribution in [2.24, 2.45) is 4.99 Å². The second kappa shape index (κ2) is 11.5. The Hall–Kier alpha value is -1.42. The van der Waals surface area contributed by atoms with Crippen LogP contribution in [0, 0.1) is 10.1 Å². The van der Waals surface area contributed by atoms with Gasteiger partial charge in [-0.3, -0.25) is 15.1 Å². The molecule has 1 aliphatic carbocycles. The van der Waals surface area contributed by atoms with Gasteiger partial charge in [0, 0.05) is 50.9 Å². The normalized spacial score (nSPS) is 19.7. The van der Waals surface area contributed by atoms with Gasteiger partial charge in [0.2, 0.25) is 0 Å². The first-order chi connectivity index (χ1) is 13.2. The first-order valence-corrected chi connectivity index (χ1v) is 10.1. The highest BCUT2D eigenvalue weighted by Gasteiger charge is 2.26. The van der Waals surface area contributed by atoms with E-state index in [9.17, 15) is 10.1 Å². The first-order valence-electron chi connectivity index (χ1n) is 10.1. The second-order valence-corrected chi connectivity index (χ2v) is 7.60. The number of nitrogens with zero attached hydrogens (tertiary/aromatic N) is 3. The summed E-state index contributed by atoms with van der Waals surface area (Å²) in [4.78, 5) is 17.5. The van der Waals surface area contributed by atoms with Gasteiger partial charge in [-0.1, -0.05) is 31.4 Å². The summed E-state index contributed by atoms with van der Waals surface area (Å²) in [5.41, 5.74) is 0.992. The van der Waals surface area contributed by atoms with Crippen molar-refractivity contribution in [2.75, 3.05) is 20.1 Å². The van der Waals surface area contributed by atoms with E-state index >= 15 is 0 Å². The van der Waals surface area contributed by atoms with Gasteiger partial charge in [-0.05, 0) is 31.2 Å². The number of nitro benzene ring substituents is 1. The van der Waals surface area contributed by atoms with Crippen molar-refractivity contribution in [3.8, 4) is 0 Å². The number of nitro groups is 1. The van der Waals surface area contributed by atoms with Crippen LogP contribution in [0.3, 0.4) is 0 Å². The Kier molecular flexibility index (Phi) is 9.43. The summed E-state index contributed by atoms with van der Waals surface area (Å²) in [7, 11) is 1.76. The van der Waals surface area contributed by atoms with Gasteiger partial charge in [0.25, 0.3) is 5.69 Å². The third-order valence-corrected chi connectivity index (χ3v) is 5.77. The van der Waals surface area contributed by atoms with Gasteiger partial charge in [-0.15, -0.1) is 24.0 Å². The predicted molar refractivity (Wildman–Crippen MR) is 123 cm³/mol. The summed E-state index contributed by atoms with van der Waals surface area (Å²) in [6.45, 7) is 2.83. The van der Waals surface area contributed by atoms with E-state index in [0.29, 0.717) is 12.6 Å². The minimum Gasteiger partial charge on any atom is -0.354 e. The zero-order valence-electron chi connectivity index (χ0n) is 16.6. The Labute approximate surface area is 184 Å². The molecule has 0 atom stereocenters. The van der Waals surface area contributed by atoms with Crippen LogP contribution < -0.4 is 10.6 Å². The molecule has 7 nitrogen and oxygen atoms in total. The molecule has 1 saturated carbocycles. The van der Waals surface area contributed by atoms with Crippen LogP contribution in [0.5, 0.6) is 0 Å². The highest BCUT2D eigenvalue weighted by molar-refractivity contribution is 14.0. The van der Waals surface area contributed by atoms with E-state index < -0.39 is 0 Å². The molecule has 0 radical (unpaired) electrons. The molecule has 8 heteroatoms. The number of rotatable bonds is 5. The molecule has 2 aliphatic rings. The maximum Gasteiger partial charge on any atom is 0.269 e. The third-order valence-electron chi connectivity index (χ3n) is 5.77. The van der Waals surface area contributed by atoms with Crippen LogP contribution in [0.2, 0.25) is 0 Å². The van der Waals surface area contributed by atoms with E-state index in [1.54, 1.807) is 19.2 Å². The molecule has 3 rings (SSSR count). The fraction of sp³-hybridized carbons (Fsp3) is 0.650. The number of likely N-dealkylation sites (tertiary alicyclic amines) is 1. The fourth-order valence-corrected chi connectivity index (χ4v) is 4.21. The number of guanidine groups is 1. The summed E-state index contributed by atoms with van der Waals surface area (Å²) in [5.74, 6) is 0.762. The van der Waals surface area contributed by atoms with Gasteiger partial charge < -0.3 is 15.5 Å². The summed E-state index contributed by atoms with van der Waals surface area (Å²) in [5, 5.41) is 17.7. The van der Waals surface area contributed by atoms with E-state index in [2.05, 4.69) is 20.5 Å². The predicted octanol–water partition coefficient (Wildman–Crippen LogP) is 3.67. The Bertz CT molecular complexity index is 656. The Morgan fingerprint density at radius 3 is 2.57 bits per heavy atom. The maximum absolute atomic E-state index is 10.9. The van der Waals surface area contributed by atoms with Crippen LogP contribution in [0.15, 0.2) is 29.3 Å². The smallest absolute Gasteiger partial charge is 0.269 e. The topological polar surface area (TPSA) is 82.8 Å². The van der Waals surface area contributed by atoms with Gasteiger partial charge in [-0.25, -0.2) is 0 Å². The highest BCUT2D eigenvalue weighted by atomic mass is 127. The zero-order valence-corrected chi connectivity index (χ0v) is 18.9. The fourth-order valence-electron chi connectivity index (χ4n) is 4.21. The second-order valence-electron chi connectivity index (χ2n) is 7.60. The highest BCUT2D eigenvalue weighted by Crippen LogP contribution is 2.25. The maximum atomic E-state index is 10.9. The molecule has 1 aliphatic heterocycles. The van der Waals surface area contributed by atoms with Crippen molar-refractivity contribution in [1.29, 1.82) is 0 Å². The van der Waals surface area contributed by atoms with E-state index in [4.69, 9.17) is 0 Å². The Balaban J connectivity index is 0.00000280. The van der Waals surface area contributed by atoms with Crippen LogP contribution in [0.25, 0.3) is 0 Å². The number of halogens is 1. The van der Waals surface area contributed by atoms with Gasteiger partial charge in [0.1, 0.15) is 0 Å². The molecular formula is C20H32IN5O2. The average molecular weight is 501 g/mol. The van der Waals surface area contributed by atoms with E-state index in [-0.39, 0.29) is 34.6 Å². The van der Waals surface area contributed by atoms with E-state index in [1.807, 2.05) is 6.07 Å². The lowest BCUT2D eigenvalue weighted by Crippen LogP contribution is -2.50. The molecule has 0 bridgehead atoms. The number of nitrogens with one attached hydrogen (secondary N) is 2. The lowest BCUT2D eigenvalue weighted by Gasteiger charge is -2.39. The molecule has 2 N–H and O–H groups in total. The van der Waals surface area contributed by atoms with Gasteiger partial charge in [-0.2, -0.15) is 0 Å². The molecule has 2 fully saturated rings. The SMILES string of the molecule is CN=C(NCc1cccc([N+](=O)[O-])c1)NC1CCN(C2CCCCC2)CC1.I. The zero-order chi connectivity index (χ0) is 19.1. The number of piperidine rings is 1. The van der Waals surface area contributed by atoms with Gasteiger partial charge in [0.15, 0.2) is 5.96 Å². The number of hydrogen-bond donors (Lipinski definition) is 2. The van der Waals surface area contributed by atoms with Crippen molar-refractivity contribution in [3.05, 3.63) is 39.9 Å². The standard InChI is InChI=1S/C20H31N5O2.HI/c1-21-20(22-15-16-6-5-9-19(14-16)25(26)27)23-17-10-12-24(13-11-17)18-7-3-2-4-8-18;/h5-6,9,14,17-18H,2-4,7-8,10-13,15H2,1H3,(H2,21,22,23);1H. The first kappa shape index (κ1) is 22.9. The molecule has 0 aromatic heterocycles. The quantitative estimate of drug-likeness (QED) is 0.212. The van der Waals surface area contributed by atoms with Crippen molar-refractivity contribution in [2.45, 2.75) is 63.6 Å². The molecule has 0 spiro atoms. The number of non-ortho nitro benzene ring substituents is 1. The molecule has 156 valence electrons. The van der Waals surface area contributed by atoms with Crippen molar-refractivity contribution >= 4 is 35.6 Å². The number of benzene rings is 1. The molecule has 0 amide bonds. The van der Waals surface area contributed by atoms with Crippen LogP contribution in [-0.2, 0) is 6.54 Å². The van der Waals surface area contributed by atoms with Crippen LogP contribution in [0.1, 0.15) is 50.5 Å². The lowest BCUT2D eigenvalue weighted by molar-refractivity contribution is -0.384. The van der Waals surface area contributed by atoms with Gasteiger partial charge >= 0.3 is 0 Å². The summed E-state index contributed by atoms with van der Waals surface area (Å²) in [6, 6.07) is 7.94. The van der Waals surface area contributed by atoms with Crippen molar-refractivity contribution in [3.63, 3.8) is 0 Å². The summed E-state index contributed by atoms with van der Waals surface area (Å²) >= 11 is 0. The molecule has 28 heavy (non-hydrogen) atoms. The minimum absolute atomic E-state index is 0. The molecular weight excluding hydrogens is 469 g/mol. The minimum atomic E-state index is -0.364. The molecule has 1 heterocycles. The molecule has 1 aromatic carbocycles. The van der Waals surface area contributed by atoms with Crippen LogP contribution in [0.4, 0.5) is 5.69 Å². The summed E-state index contributed by atoms with van der Waals surface area (Å²) < 4.78 is 0. The number of hydrogen-bond acceptors (Lipinski definition) is 4. The van der Waals surface area contributed by atoms with Gasteiger partial charge in [0.05, 0.1) is 4.92 Å². The molecule has 1 saturated heterocycles. The monoisotopic (exact) mass is 501 g/mol. The molecule has 1 aromatic rings. The van der Waals surface area contributed by atoms with Crippen LogP contribution in [-0.4, -0.2) is 48.0 Å². The molecule has 0 unspecified atom stereocenters. The Morgan fingerprint density at radius 1 is 1.21 bits per heavy atom.